The second kappa shape index (κ2) is 23.3. The van der Waals surface area contributed by atoms with Gasteiger partial charge in [-0.05, 0) is 75.2 Å². The molecule has 1 unspecified atom stereocenters. The maximum absolute atomic E-state index is 5.02. The fraction of sp³-hybridized carbons (Fsp3) is 0.735. The normalized spacial score (nSPS) is 15.1. The Morgan fingerprint density at radius 3 is 2.21 bits per heavy atom. The Morgan fingerprint density at radius 1 is 1.08 bits per heavy atom. The second-order valence-corrected chi connectivity index (χ2v) is 11.7. The Balaban J connectivity index is 0. The lowest BCUT2D eigenvalue weighted by molar-refractivity contribution is 0.302. The number of rotatable bonds is 10. The molecule has 4 nitrogen and oxygen atoms in total. The second-order valence-electron chi connectivity index (χ2n) is 11.7. The van der Waals surface area contributed by atoms with Gasteiger partial charge in [0.1, 0.15) is 5.82 Å². The molecule has 222 valence electrons. The smallest absolute Gasteiger partial charge is 0.109 e. The van der Waals surface area contributed by atoms with Gasteiger partial charge in [-0.3, -0.25) is 0 Å². The minimum absolute atomic E-state index is 0.369. The van der Waals surface area contributed by atoms with E-state index in [1.54, 1.807) is 0 Å². The molecule has 2 rings (SSSR count). The number of fused-ring (bicyclic) bond motifs is 1. The van der Waals surface area contributed by atoms with Crippen LogP contribution in [0.4, 0.5) is 0 Å². The molecule has 0 saturated heterocycles. The molecule has 4 heteroatoms. The monoisotopic (exact) mass is 531 g/mol. The summed E-state index contributed by atoms with van der Waals surface area (Å²) in [7, 11) is 4.18. The molecule has 1 aromatic rings. The van der Waals surface area contributed by atoms with Crippen LogP contribution in [-0.4, -0.2) is 35.7 Å². The largest absolute Gasteiger partial charge is 0.334 e. The van der Waals surface area contributed by atoms with Crippen molar-refractivity contribution in [3.8, 4) is 0 Å². The van der Waals surface area contributed by atoms with Gasteiger partial charge >= 0.3 is 0 Å². The number of imidazole rings is 1. The molecule has 0 aromatic carbocycles. The molecule has 0 saturated carbocycles. The number of aromatic nitrogens is 2. The fourth-order valence-electron chi connectivity index (χ4n) is 4.26. The number of hydrogen-bond donors (Lipinski definition) is 2. The Hall–Kier alpha value is -1.65. The summed E-state index contributed by atoms with van der Waals surface area (Å²) in [5.41, 5.74) is 4.14. The molecule has 1 aliphatic carbocycles. The van der Waals surface area contributed by atoms with E-state index >= 15 is 0 Å². The molecule has 2 N–H and O–H groups in total. The summed E-state index contributed by atoms with van der Waals surface area (Å²) in [6.45, 7) is 26.2. The first-order valence-corrected chi connectivity index (χ1v) is 15.5. The van der Waals surface area contributed by atoms with Crippen molar-refractivity contribution in [3.05, 3.63) is 47.1 Å². The van der Waals surface area contributed by atoms with Crippen molar-refractivity contribution in [2.24, 2.45) is 18.4 Å². The molecule has 1 atom stereocenters. The highest BCUT2D eigenvalue weighted by atomic mass is 15.1. The van der Waals surface area contributed by atoms with Crippen LogP contribution in [0.3, 0.4) is 0 Å². The van der Waals surface area contributed by atoms with Crippen molar-refractivity contribution in [1.29, 1.82) is 0 Å². The predicted molar refractivity (Wildman–Crippen MR) is 174 cm³/mol. The zero-order valence-corrected chi connectivity index (χ0v) is 27.8. The van der Waals surface area contributed by atoms with E-state index in [1.165, 1.54) is 36.4 Å². The van der Waals surface area contributed by atoms with Crippen molar-refractivity contribution in [2.45, 2.75) is 127 Å². The van der Waals surface area contributed by atoms with Crippen molar-refractivity contribution >= 4 is 6.08 Å². The van der Waals surface area contributed by atoms with Crippen molar-refractivity contribution in [1.82, 2.24) is 20.2 Å². The number of nitrogens with zero attached hydrogens (tertiary/aromatic N) is 2. The molecule has 0 aliphatic heterocycles. The van der Waals surface area contributed by atoms with Crippen molar-refractivity contribution in [3.63, 3.8) is 0 Å². The Morgan fingerprint density at radius 2 is 1.71 bits per heavy atom. The number of allylic oxidation sites excluding steroid dienone is 4. The molecule has 1 aliphatic rings. The van der Waals surface area contributed by atoms with Crippen LogP contribution in [0.25, 0.3) is 6.08 Å². The minimum atomic E-state index is 0.369. The molecule has 0 spiro atoms. The van der Waals surface area contributed by atoms with Crippen LogP contribution in [-0.2, 0) is 19.9 Å². The first kappa shape index (κ1) is 38.5. The standard InChI is InChI=1S/C23H37N3.C6H15N.C3H8.C2H6/c1-18(17-23(2,3)4)15-22-25-20-16-19(12-9-10-14-24-5)11-7-8-13-21(20)26(22)6;1-4-5-7-6(2)3;1-3-2;1-2/h7,9,11-12,16,18,24H,8,10,13-15,17H2,1-6H3;6-7H,4-5H2,1-3H3;3H2,1-2H3;1-2H3/b11-7?,12-9+,19-16+;;;. The van der Waals surface area contributed by atoms with Gasteiger partial charge in [-0.25, -0.2) is 4.98 Å². The first-order valence-electron chi connectivity index (χ1n) is 15.5. The SMILES string of the molecule is CC.CCC.CCCNC(C)C.CNCC/C=C/C1=C/c2nc(CC(C)CC(C)(C)C)n(C)c2CCC=C1. The molecule has 0 bridgehead atoms. The average molecular weight is 531 g/mol. The van der Waals surface area contributed by atoms with E-state index in [4.69, 9.17) is 4.98 Å². The summed E-state index contributed by atoms with van der Waals surface area (Å²) in [5, 5.41) is 6.48. The summed E-state index contributed by atoms with van der Waals surface area (Å²) in [6, 6.07) is 0.653. The molecule has 0 fully saturated rings. The molecule has 0 amide bonds. The van der Waals surface area contributed by atoms with E-state index in [0.717, 1.165) is 44.5 Å². The van der Waals surface area contributed by atoms with Crippen LogP contribution < -0.4 is 10.6 Å². The Kier molecular flexibility index (Phi) is 23.6. The first-order chi connectivity index (χ1) is 18.0. The molecule has 38 heavy (non-hydrogen) atoms. The third kappa shape index (κ3) is 19.4. The molecular formula is C34H66N4. The third-order valence-corrected chi connectivity index (χ3v) is 5.66. The van der Waals surface area contributed by atoms with E-state index in [-0.39, 0.29) is 0 Å². The van der Waals surface area contributed by atoms with Crippen LogP contribution in [0.5, 0.6) is 0 Å². The summed E-state index contributed by atoms with van der Waals surface area (Å²) < 4.78 is 2.34. The van der Waals surface area contributed by atoms with E-state index in [2.05, 4.69) is 115 Å². The van der Waals surface area contributed by atoms with Gasteiger partial charge in [0.25, 0.3) is 0 Å². The summed E-state index contributed by atoms with van der Waals surface area (Å²) in [4.78, 5) is 5.02. The Labute approximate surface area is 238 Å². The third-order valence-electron chi connectivity index (χ3n) is 5.66. The molecular weight excluding hydrogens is 464 g/mol. The van der Waals surface area contributed by atoms with Gasteiger partial charge in [-0.15, -0.1) is 0 Å². The highest BCUT2D eigenvalue weighted by Crippen LogP contribution is 2.27. The van der Waals surface area contributed by atoms with E-state index in [1.807, 2.05) is 20.9 Å². The van der Waals surface area contributed by atoms with E-state index < -0.39 is 0 Å². The van der Waals surface area contributed by atoms with Gasteiger partial charge in [0.15, 0.2) is 0 Å². The topological polar surface area (TPSA) is 41.9 Å². The molecule has 1 aromatic heterocycles. The number of nitrogens with one attached hydrogen (secondary N) is 2. The van der Waals surface area contributed by atoms with Crippen LogP contribution in [0, 0.1) is 11.3 Å². The highest BCUT2D eigenvalue weighted by molar-refractivity contribution is 5.59. The number of hydrogen-bond acceptors (Lipinski definition) is 3. The maximum atomic E-state index is 5.02. The maximum Gasteiger partial charge on any atom is 0.109 e. The van der Waals surface area contributed by atoms with Crippen molar-refractivity contribution < 1.29 is 0 Å². The summed E-state index contributed by atoms with van der Waals surface area (Å²) >= 11 is 0. The van der Waals surface area contributed by atoms with Gasteiger partial charge in [0.2, 0.25) is 0 Å². The lowest BCUT2D eigenvalue weighted by Crippen LogP contribution is -2.22. The summed E-state index contributed by atoms with van der Waals surface area (Å²) in [5.74, 6) is 1.87. The van der Waals surface area contributed by atoms with Crippen LogP contribution in [0.15, 0.2) is 29.9 Å². The minimum Gasteiger partial charge on any atom is -0.334 e. The Bertz CT molecular complexity index is 775. The fourth-order valence-corrected chi connectivity index (χ4v) is 4.26. The van der Waals surface area contributed by atoms with Crippen molar-refractivity contribution in [2.75, 3.05) is 20.1 Å². The average Bonchev–Trinajstić information content (AvgIpc) is 3.10. The highest BCUT2D eigenvalue weighted by Gasteiger charge is 2.19. The van der Waals surface area contributed by atoms with Gasteiger partial charge in [-0.2, -0.15) is 0 Å². The quantitative estimate of drug-likeness (QED) is 0.297. The van der Waals surface area contributed by atoms with Gasteiger partial charge in [0, 0.05) is 25.2 Å². The van der Waals surface area contributed by atoms with Crippen LogP contribution in [0.1, 0.15) is 125 Å². The van der Waals surface area contributed by atoms with Crippen LogP contribution in [0.2, 0.25) is 0 Å². The van der Waals surface area contributed by atoms with Gasteiger partial charge in [-0.1, -0.05) is 107 Å². The van der Waals surface area contributed by atoms with Gasteiger partial charge in [0.05, 0.1) is 5.69 Å². The van der Waals surface area contributed by atoms with E-state index in [9.17, 15) is 0 Å². The molecule has 1 heterocycles. The zero-order valence-electron chi connectivity index (χ0n) is 27.8. The summed E-state index contributed by atoms with van der Waals surface area (Å²) in [6.07, 6.45) is 19.2. The lowest BCUT2D eigenvalue weighted by Gasteiger charge is -2.23. The lowest BCUT2D eigenvalue weighted by atomic mass is 9.84. The van der Waals surface area contributed by atoms with E-state index in [0.29, 0.717) is 17.4 Å². The predicted octanol–water partition coefficient (Wildman–Crippen LogP) is 8.92. The zero-order chi connectivity index (χ0) is 29.6. The van der Waals surface area contributed by atoms with Gasteiger partial charge < -0.3 is 15.2 Å². The molecule has 0 radical (unpaired) electrons. The van der Waals surface area contributed by atoms with Crippen LogP contribution >= 0.6 is 0 Å².